The van der Waals surface area contributed by atoms with E-state index >= 15 is 0 Å². The fraction of sp³-hybridized carbons (Fsp3) is 0.857. The average molecular weight is 280 g/mol. The van der Waals surface area contributed by atoms with Gasteiger partial charge >= 0.3 is 31.8 Å². The molecule has 0 spiro atoms. The van der Waals surface area contributed by atoms with Gasteiger partial charge in [0.2, 0.25) is 0 Å². The van der Waals surface area contributed by atoms with Gasteiger partial charge in [0, 0.05) is 0 Å². The molecule has 1 saturated carbocycles. The first-order valence-electron chi connectivity index (χ1n) is 3.57. The summed E-state index contributed by atoms with van der Waals surface area (Å²) in [5.74, 6) is -0.853. The standard InChI is InChI=1S/C7H11ClO2.In.3H/c8-7(6(9)10)4-2-1-3-5-7;;;;/h1-5H2,(H,9,10);;;;. The summed E-state index contributed by atoms with van der Waals surface area (Å²) in [4.78, 5) is 9.61. The van der Waals surface area contributed by atoms with Gasteiger partial charge in [-0.25, -0.2) is 0 Å². The Hall–Kier alpha value is 0.630. The summed E-state index contributed by atoms with van der Waals surface area (Å²) in [6.07, 6.45) is 4.29. The van der Waals surface area contributed by atoms with E-state index < -0.39 is 10.8 Å². The SMILES string of the molecule is O=C(O)C1(Cl)CCCCC1.[InH3]. The molecule has 0 heterocycles. The van der Waals surface area contributed by atoms with Crippen molar-refractivity contribution in [2.24, 2.45) is 0 Å². The Balaban J connectivity index is 0.000001000. The molecule has 1 N–H and O–H groups in total. The van der Waals surface area contributed by atoms with Gasteiger partial charge in [0.1, 0.15) is 4.87 Å². The van der Waals surface area contributed by atoms with E-state index in [1.807, 2.05) is 0 Å². The van der Waals surface area contributed by atoms with Crippen LogP contribution in [-0.4, -0.2) is 41.8 Å². The fourth-order valence-electron chi connectivity index (χ4n) is 1.33. The summed E-state index contributed by atoms with van der Waals surface area (Å²) in [5.41, 5.74) is 0. The van der Waals surface area contributed by atoms with Crippen LogP contribution in [0.1, 0.15) is 32.1 Å². The molecule has 1 aliphatic carbocycles. The summed E-state index contributed by atoms with van der Waals surface area (Å²) < 4.78 is 0. The van der Waals surface area contributed by atoms with Gasteiger partial charge in [-0.15, -0.1) is 11.6 Å². The predicted molar refractivity (Wildman–Crippen MR) is 49.2 cm³/mol. The molecule has 0 aliphatic heterocycles. The molecule has 0 unspecified atom stereocenters. The maximum atomic E-state index is 10.5. The number of rotatable bonds is 1. The molecule has 0 saturated heterocycles. The molecule has 2 nitrogen and oxygen atoms in total. The van der Waals surface area contributed by atoms with Crippen molar-refractivity contribution in [2.45, 2.75) is 37.0 Å². The number of alkyl halides is 1. The number of carbonyl (C=O) groups is 1. The normalized spacial score (nSPS) is 21.9. The van der Waals surface area contributed by atoms with Gasteiger partial charge in [-0.3, -0.25) is 4.79 Å². The van der Waals surface area contributed by atoms with Gasteiger partial charge in [-0.1, -0.05) is 19.3 Å². The van der Waals surface area contributed by atoms with Crippen LogP contribution in [0.3, 0.4) is 0 Å². The van der Waals surface area contributed by atoms with Gasteiger partial charge in [0.05, 0.1) is 0 Å². The summed E-state index contributed by atoms with van der Waals surface area (Å²) in [5, 5.41) is 8.67. The summed E-state index contributed by atoms with van der Waals surface area (Å²) in [6.45, 7) is 0. The monoisotopic (exact) mass is 280 g/mol. The third-order valence-corrected chi connectivity index (χ3v) is 2.57. The molecule has 0 aromatic carbocycles. The first-order valence-corrected chi connectivity index (χ1v) is 3.95. The minimum absolute atomic E-state index is 0. The molecule has 0 aromatic heterocycles. The second-order valence-corrected chi connectivity index (χ2v) is 3.55. The second kappa shape index (κ2) is 4.61. The number of hydrogen-bond acceptors (Lipinski definition) is 1. The van der Waals surface area contributed by atoms with E-state index in [1.165, 1.54) is 0 Å². The molecule has 11 heavy (non-hydrogen) atoms. The Kier molecular flexibility index (Phi) is 4.87. The van der Waals surface area contributed by atoms with Crippen molar-refractivity contribution >= 4 is 43.4 Å². The van der Waals surface area contributed by atoms with Gasteiger partial charge in [-0.2, -0.15) is 0 Å². The Morgan fingerprint density at radius 1 is 1.27 bits per heavy atom. The van der Waals surface area contributed by atoms with Crippen LogP contribution < -0.4 is 0 Å². The molecule has 1 aliphatic rings. The number of carboxylic acids is 1. The van der Waals surface area contributed by atoms with Crippen LogP contribution in [0.2, 0.25) is 0 Å². The van der Waals surface area contributed by atoms with E-state index in [2.05, 4.69) is 0 Å². The molecule has 0 bridgehead atoms. The Labute approximate surface area is 90.1 Å². The first-order chi connectivity index (χ1) is 4.65. The molecule has 0 aromatic rings. The van der Waals surface area contributed by atoms with Crippen LogP contribution in [0.15, 0.2) is 0 Å². The van der Waals surface area contributed by atoms with E-state index in [1.54, 1.807) is 0 Å². The van der Waals surface area contributed by atoms with E-state index in [-0.39, 0.29) is 25.8 Å². The minimum atomic E-state index is -0.932. The molecule has 0 amide bonds. The van der Waals surface area contributed by atoms with Crippen LogP contribution in [0.25, 0.3) is 0 Å². The maximum absolute atomic E-state index is 10.5. The van der Waals surface area contributed by atoms with Gasteiger partial charge in [0.25, 0.3) is 0 Å². The van der Waals surface area contributed by atoms with Crippen LogP contribution in [0.5, 0.6) is 0 Å². The van der Waals surface area contributed by atoms with E-state index in [4.69, 9.17) is 16.7 Å². The van der Waals surface area contributed by atoms with Crippen molar-refractivity contribution < 1.29 is 9.90 Å². The van der Waals surface area contributed by atoms with E-state index in [0.29, 0.717) is 12.8 Å². The van der Waals surface area contributed by atoms with Gasteiger partial charge in [-0.05, 0) is 12.8 Å². The van der Waals surface area contributed by atoms with E-state index in [9.17, 15) is 4.79 Å². The first kappa shape index (κ1) is 11.6. The Bertz CT molecular complexity index is 143. The Morgan fingerprint density at radius 2 is 1.73 bits per heavy atom. The summed E-state index contributed by atoms with van der Waals surface area (Å²) >= 11 is 5.81. The zero-order valence-electron chi connectivity index (χ0n) is 5.77. The van der Waals surface area contributed by atoms with E-state index in [0.717, 1.165) is 19.3 Å². The van der Waals surface area contributed by atoms with Crippen molar-refractivity contribution in [1.29, 1.82) is 0 Å². The Morgan fingerprint density at radius 3 is 2.00 bits per heavy atom. The third kappa shape index (κ3) is 2.86. The molecule has 0 radical (unpaired) electrons. The topological polar surface area (TPSA) is 37.3 Å². The molecule has 1 fully saturated rings. The zero-order valence-corrected chi connectivity index (χ0v) is 6.52. The van der Waals surface area contributed by atoms with Crippen molar-refractivity contribution in [1.82, 2.24) is 0 Å². The number of carboxylic acid groups (broad SMARTS) is 1. The average Bonchev–Trinajstić information content (AvgIpc) is 1.89. The van der Waals surface area contributed by atoms with Crippen LogP contribution >= 0.6 is 11.6 Å². The number of halogens is 1. The summed E-state index contributed by atoms with van der Waals surface area (Å²) in [7, 11) is 0. The predicted octanol–water partition coefficient (Wildman–Crippen LogP) is 0.829. The zero-order chi connectivity index (χ0) is 7.61. The quantitative estimate of drug-likeness (QED) is 0.723. The van der Waals surface area contributed by atoms with Gasteiger partial charge in [0.15, 0.2) is 0 Å². The van der Waals surface area contributed by atoms with Gasteiger partial charge < -0.3 is 5.11 Å². The summed E-state index contributed by atoms with van der Waals surface area (Å²) in [6, 6.07) is 0. The van der Waals surface area contributed by atoms with Crippen molar-refractivity contribution in [3.8, 4) is 0 Å². The van der Waals surface area contributed by atoms with Crippen LogP contribution in [0.4, 0.5) is 0 Å². The number of hydrogen-bond donors (Lipinski definition) is 1. The molecule has 64 valence electrons. The third-order valence-electron chi connectivity index (χ3n) is 2.03. The molecular formula is C7H14ClInO2. The molecular weight excluding hydrogens is 266 g/mol. The van der Waals surface area contributed by atoms with Crippen molar-refractivity contribution in [3.05, 3.63) is 0 Å². The van der Waals surface area contributed by atoms with Crippen molar-refractivity contribution in [3.63, 3.8) is 0 Å². The second-order valence-electron chi connectivity index (χ2n) is 2.83. The molecule has 4 heteroatoms. The fourth-order valence-corrected chi connectivity index (χ4v) is 1.59. The number of aliphatic carboxylic acids is 1. The molecule has 1 rings (SSSR count). The van der Waals surface area contributed by atoms with Crippen LogP contribution in [-0.2, 0) is 4.79 Å². The van der Waals surface area contributed by atoms with Crippen molar-refractivity contribution in [2.75, 3.05) is 0 Å². The van der Waals surface area contributed by atoms with Crippen LogP contribution in [0, 0.1) is 0 Å². The molecule has 0 atom stereocenters.